The van der Waals surface area contributed by atoms with Crippen LogP contribution in [0.3, 0.4) is 0 Å². The van der Waals surface area contributed by atoms with Gasteiger partial charge in [0.1, 0.15) is 0 Å². The Morgan fingerprint density at radius 2 is 1.81 bits per heavy atom. The van der Waals surface area contributed by atoms with Crippen LogP contribution in [0.1, 0.15) is 36.8 Å². The maximum atomic E-state index is 12.7. The van der Waals surface area contributed by atoms with Crippen molar-refractivity contribution in [2.45, 2.75) is 43.2 Å². The molecule has 1 aromatic carbocycles. The summed E-state index contributed by atoms with van der Waals surface area (Å²) in [6.07, 6.45) is 4.95. The van der Waals surface area contributed by atoms with E-state index < -0.39 is 10.0 Å². The highest BCUT2D eigenvalue weighted by molar-refractivity contribution is 8.00. The Balaban J connectivity index is 1.54. The van der Waals surface area contributed by atoms with Crippen molar-refractivity contribution in [2.75, 3.05) is 32.1 Å². The molecule has 0 unspecified atom stereocenters. The standard InChI is InChI=1S/C19H28N2O4S2/c22-19(14-26-18-7-3-4-8-18)20-13-16-5-1-2-6-17(16)15-27(23,24)21-9-11-25-12-10-21/h1-2,5-6,18H,3-4,7-15H2,(H,20,22). The third-order valence-electron chi connectivity index (χ3n) is 5.05. The molecule has 6 nitrogen and oxygen atoms in total. The number of thioether (sulfide) groups is 1. The highest BCUT2D eigenvalue weighted by Gasteiger charge is 2.25. The van der Waals surface area contributed by atoms with Gasteiger partial charge in [0.25, 0.3) is 0 Å². The summed E-state index contributed by atoms with van der Waals surface area (Å²) in [6.45, 7) is 2.04. The summed E-state index contributed by atoms with van der Waals surface area (Å²) in [7, 11) is -3.38. The van der Waals surface area contributed by atoms with E-state index in [0.717, 1.165) is 11.1 Å². The van der Waals surface area contributed by atoms with Gasteiger partial charge >= 0.3 is 0 Å². The second kappa shape index (κ2) is 9.91. The molecule has 0 radical (unpaired) electrons. The van der Waals surface area contributed by atoms with E-state index in [9.17, 15) is 13.2 Å². The summed E-state index contributed by atoms with van der Waals surface area (Å²) in [6, 6.07) is 7.42. The monoisotopic (exact) mass is 412 g/mol. The number of nitrogens with zero attached hydrogens (tertiary/aromatic N) is 1. The van der Waals surface area contributed by atoms with E-state index in [0.29, 0.717) is 43.9 Å². The molecule has 3 rings (SSSR count). The zero-order valence-corrected chi connectivity index (χ0v) is 17.2. The average Bonchev–Trinajstić information content (AvgIpc) is 3.20. The quantitative estimate of drug-likeness (QED) is 0.708. The lowest BCUT2D eigenvalue weighted by Gasteiger charge is -2.26. The van der Waals surface area contributed by atoms with Crippen molar-refractivity contribution in [1.29, 1.82) is 0 Å². The van der Waals surface area contributed by atoms with E-state index in [1.807, 2.05) is 24.3 Å². The van der Waals surface area contributed by atoms with Crippen LogP contribution in [0, 0.1) is 0 Å². The highest BCUT2D eigenvalue weighted by Crippen LogP contribution is 2.29. The van der Waals surface area contributed by atoms with Gasteiger partial charge < -0.3 is 10.1 Å². The van der Waals surface area contributed by atoms with Crippen LogP contribution < -0.4 is 5.32 Å². The van der Waals surface area contributed by atoms with Gasteiger partial charge in [-0.25, -0.2) is 8.42 Å². The Kier molecular flexibility index (Phi) is 7.57. The average molecular weight is 413 g/mol. The van der Waals surface area contributed by atoms with Crippen molar-refractivity contribution in [1.82, 2.24) is 9.62 Å². The van der Waals surface area contributed by atoms with Crippen molar-refractivity contribution in [2.24, 2.45) is 0 Å². The van der Waals surface area contributed by atoms with Crippen LogP contribution in [-0.4, -0.2) is 55.9 Å². The number of carbonyl (C=O) groups excluding carboxylic acids is 1. The van der Waals surface area contributed by atoms with Gasteiger partial charge in [0.15, 0.2) is 0 Å². The molecule has 1 aliphatic carbocycles. The van der Waals surface area contributed by atoms with Crippen LogP contribution in [0.25, 0.3) is 0 Å². The zero-order chi connectivity index (χ0) is 19.1. The predicted molar refractivity (Wildman–Crippen MR) is 108 cm³/mol. The van der Waals surface area contributed by atoms with Crippen LogP contribution in [0.2, 0.25) is 0 Å². The molecule has 1 saturated heterocycles. The third kappa shape index (κ3) is 6.20. The van der Waals surface area contributed by atoms with E-state index >= 15 is 0 Å². The van der Waals surface area contributed by atoms with E-state index in [4.69, 9.17) is 4.74 Å². The molecule has 1 heterocycles. The summed E-state index contributed by atoms with van der Waals surface area (Å²) in [5, 5.41) is 3.55. The Bertz CT molecular complexity index is 727. The van der Waals surface area contributed by atoms with Crippen molar-refractivity contribution in [3.05, 3.63) is 35.4 Å². The van der Waals surface area contributed by atoms with Crippen molar-refractivity contribution in [3.63, 3.8) is 0 Å². The minimum Gasteiger partial charge on any atom is -0.379 e. The number of hydrogen-bond acceptors (Lipinski definition) is 5. The molecular formula is C19H28N2O4S2. The minimum atomic E-state index is -3.38. The molecule has 1 aromatic rings. The van der Waals surface area contributed by atoms with E-state index in [-0.39, 0.29) is 11.7 Å². The first-order valence-electron chi connectivity index (χ1n) is 9.55. The maximum absolute atomic E-state index is 12.7. The number of morpholine rings is 1. The second-order valence-corrected chi connectivity index (χ2v) is 10.3. The number of amides is 1. The van der Waals surface area contributed by atoms with E-state index in [1.54, 1.807) is 11.8 Å². The molecule has 1 saturated carbocycles. The molecule has 150 valence electrons. The van der Waals surface area contributed by atoms with Crippen LogP contribution in [-0.2, 0) is 31.9 Å². The number of benzene rings is 1. The molecule has 0 aromatic heterocycles. The first kappa shape index (κ1) is 20.6. The van der Waals surface area contributed by atoms with Crippen molar-refractivity contribution >= 4 is 27.7 Å². The number of sulfonamides is 1. The molecule has 0 atom stereocenters. The topological polar surface area (TPSA) is 75.7 Å². The first-order chi connectivity index (χ1) is 13.0. The molecule has 1 amide bonds. The number of carbonyl (C=O) groups is 1. The Hall–Kier alpha value is -1.09. The Morgan fingerprint density at radius 1 is 1.15 bits per heavy atom. The van der Waals surface area contributed by atoms with Crippen LogP contribution in [0.4, 0.5) is 0 Å². The van der Waals surface area contributed by atoms with Crippen LogP contribution in [0.5, 0.6) is 0 Å². The minimum absolute atomic E-state index is 0.0118. The molecule has 0 bridgehead atoms. The van der Waals surface area contributed by atoms with Gasteiger partial charge in [0, 0.05) is 24.9 Å². The summed E-state index contributed by atoms with van der Waals surface area (Å²) in [4.78, 5) is 12.1. The van der Waals surface area contributed by atoms with Crippen molar-refractivity contribution in [3.8, 4) is 0 Å². The fourth-order valence-corrected chi connectivity index (χ4v) is 6.20. The van der Waals surface area contributed by atoms with Gasteiger partial charge in [-0.3, -0.25) is 4.79 Å². The first-order valence-corrected chi connectivity index (χ1v) is 12.2. The SMILES string of the molecule is O=C(CSC1CCCC1)NCc1ccccc1CS(=O)(=O)N1CCOCC1. The lowest BCUT2D eigenvalue weighted by atomic mass is 10.1. The lowest BCUT2D eigenvalue weighted by Crippen LogP contribution is -2.41. The predicted octanol–water partition coefficient (Wildman–Crippen LogP) is 2.14. The number of nitrogens with one attached hydrogen (secondary N) is 1. The fourth-order valence-electron chi connectivity index (χ4n) is 3.48. The fraction of sp³-hybridized carbons (Fsp3) is 0.632. The van der Waals surface area contributed by atoms with Gasteiger partial charge in [0.2, 0.25) is 15.9 Å². The molecule has 27 heavy (non-hydrogen) atoms. The molecule has 2 fully saturated rings. The number of ether oxygens (including phenoxy) is 1. The van der Waals surface area contributed by atoms with Gasteiger partial charge in [0.05, 0.1) is 24.7 Å². The van der Waals surface area contributed by atoms with Gasteiger partial charge in [-0.1, -0.05) is 37.1 Å². The molecular weight excluding hydrogens is 384 g/mol. The molecule has 8 heteroatoms. The van der Waals surface area contributed by atoms with Gasteiger partial charge in [-0.05, 0) is 24.0 Å². The second-order valence-electron chi connectivity index (χ2n) is 7.03. The normalized spacial score (nSPS) is 19.3. The van der Waals surface area contributed by atoms with Crippen LogP contribution in [0.15, 0.2) is 24.3 Å². The third-order valence-corrected chi connectivity index (χ3v) is 8.25. The zero-order valence-electron chi connectivity index (χ0n) is 15.6. The smallest absolute Gasteiger partial charge is 0.230 e. The van der Waals surface area contributed by atoms with E-state index in [2.05, 4.69) is 5.32 Å². The Morgan fingerprint density at radius 3 is 2.52 bits per heavy atom. The van der Waals surface area contributed by atoms with Gasteiger partial charge in [-0.15, -0.1) is 11.8 Å². The lowest BCUT2D eigenvalue weighted by molar-refractivity contribution is -0.118. The number of rotatable bonds is 8. The van der Waals surface area contributed by atoms with E-state index in [1.165, 1.54) is 30.0 Å². The Labute approximate surface area is 166 Å². The number of hydrogen-bond donors (Lipinski definition) is 1. The maximum Gasteiger partial charge on any atom is 0.230 e. The highest BCUT2D eigenvalue weighted by atomic mass is 32.2. The summed E-state index contributed by atoms with van der Waals surface area (Å²) in [5.41, 5.74) is 1.60. The summed E-state index contributed by atoms with van der Waals surface area (Å²) in [5.74, 6) is 0.437. The summed E-state index contributed by atoms with van der Waals surface area (Å²) < 4.78 is 32.1. The molecule has 1 aliphatic heterocycles. The largest absolute Gasteiger partial charge is 0.379 e. The molecule has 0 spiro atoms. The molecule has 2 aliphatic rings. The molecule has 1 N–H and O–H groups in total. The van der Waals surface area contributed by atoms with Crippen LogP contribution >= 0.6 is 11.8 Å². The summed E-state index contributed by atoms with van der Waals surface area (Å²) >= 11 is 1.73. The van der Waals surface area contributed by atoms with Gasteiger partial charge in [-0.2, -0.15) is 4.31 Å². The van der Waals surface area contributed by atoms with Crippen molar-refractivity contribution < 1.29 is 17.9 Å².